The number of phenolic OH excluding ortho intramolecular Hbond substituents is 1. The predicted octanol–water partition coefficient (Wildman–Crippen LogP) is 5.39. The number of halogens is 2. The van der Waals surface area contributed by atoms with Crippen molar-refractivity contribution < 1.29 is 5.11 Å². The molecule has 1 rings (SSSR count). The van der Waals surface area contributed by atoms with Crippen LogP contribution in [0.2, 0.25) is 0 Å². The Morgan fingerprint density at radius 1 is 1.05 bits per heavy atom. The number of hydrogen-bond donors (Lipinski definition) is 1. The van der Waals surface area contributed by atoms with E-state index in [2.05, 4.69) is 13.0 Å². The van der Waals surface area contributed by atoms with Crippen LogP contribution in [0.1, 0.15) is 50.2 Å². The molecule has 19 heavy (non-hydrogen) atoms. The summed E-state index contributed by atoms with van der Waals surface area (Å²) in [4.78, 5) is 0. The summed E-state index contributed by atoms with van der Waals surface area (Å²) in [5, 5.41) is 9.66. The molecule has 0 aliphatic heterocycles. The van der Waals surface area contributed by atoms with E-state index in [-0.39, 0.29) is 5.41 Å². The predicted molar refractivity (Wildman–Crippen MR) is 84.7 cm³/mol. The minimum atomic E-state index is 0.124. The topological polar surface area (TPSA) is 20.2 Å². The van der Waals surface area contributed by atoms with E-state index in [4.69, 9.17) is 23.2 Å². The zero-order chi connectivity index (χ0) is 14.3. The van der Waals surface area contributed by atoms with E-state index in [1.165, 1.54) is 5.56 Å². The second-order valence-electron chi connectivity index (χ2n) is 5.50. The number of benzene rings is 1. The van der Waals surface area contributed by atoms with Crippen LogP contribution in [0.5, 0.6) is 5.75 Å². The highest BCUT2D eigenvalue weighted by molar-refractivity contribution is 6.18. The van der Waals surface area contributed by atoms with Gasteiger partial charge in [-0.3, -0.25) is 0 Å². The molecule has 0 aliphatic rings. The van der Waals surface area contributed by atoms with E-state index in [0.29, 0.717) is 11.6 Å². The lowest BCUT2D eigenvalue weighted by atomic mass is 9.74. The van der Waals surface area contributed by atoms with Crippen molar-refractivity contribution in [3.05, 3.63) is 29.3 Å². The molecule has 0 heterocycles. The van der Waals surface area contributed by atoms with Crippen LogP contribution in [0.15, 0.2) is 18.2 Å². The number of rotatable bonds is 8. The summed E-state index contributed by atoms with van der Waals surface area (Å²) in [6, 6.07) is 5.94. The maximum atomic E-state index is 9.66. The average Bonchev–Trinajstić information content (AvgIpc) is 2.40. The summed E-state index contributed by atoms with van der Waals surface area (Å²) in [5.74, 6) is 1.78. The van der Waals surface area contributed by atoms with Gasteiger partial charge in [0.15, 0.2) is 0 Å². The fourth-order valence-electron chi connectivity index (χ4n) is 2.51. The largest absolute Gasteiger partial charge is 0.508 e. The third-order valence-electron chi connectivity index (χ3n) is 3.87. The van der Waals surface area contributed by atoms with Gasteiger partial charge in [-0.05, 0) is 55.2 Å². The summed E-state index contributed by atoms with van der Waals surface area (Å²) >= 11 is 11.6. The van der Waals surface area contributed by atoms with E-state index in [1.54, 1.807) is 6.07 Å². The van der Waals surface area contributed by atoms with Crippen LogP contribution in [0.3, 0.4) is 0 Å². The van der Waals surface area contributed by atoms with Gasteiger partial charge in [0.05, 0.1) is 0 Å². The van der Waals surface area contributed by atoms with Crippen LogP contribution >= 0.6 is 23.2 Å². The van der Waals surface area contributed by atoms with Crippen LogP contribution in [0.4, 0.5) is 0 Å². The Balaban J connectivity index is 2.89. The van der Waals surface area contributed by atoms with E-state index >= 15 is 0 Å². The van der Waals surface area contributed by atoms with Gasteiger partial charge < -0.3 is 5.11 Å². The summed E-state index contributed by atoms with van der Waals surface area (Å²) in [5.41, 5.74) is 2.36. The van der Waals surface area contributed by atoms with E-state index in [1.807, 2.05) is 13.0 Å². The van der Waals surface area contributed by atoms with Crippen molar-refractivity contribution in [1.82, 2.24) is 0 Å². The molecule has 108 valence electrons. The van der Waals surface area contributed by atoms with Gasteiger partial charge in [0.1, 0.15) is 5.75 Å². The van der Waals surface area contributed by atoms with Gasteiger partial charge in [-0.25, -0.2) is 0 Å². The highest BCUT2D eigenvalue weighted by atomic mass is 35.5. The van der Waals surface area contributed by atoms with Crippen LogP contribution in [0, 0.1) is 6.92 Å². The van der Waals surface area contributed by atoms with E-state index < -0.39 is 0 Å². The second-order valence-corrected chi connectivity index (χ2v) is 6.26. The molecule has 0 saturated heterocycles. The van der Waals surface area contributed by atoms with Crippen LogP contribution < -0.4 is 0 Å². The van der Waals surface area contributed by atoms with Gasteiger partial charge in [-0.15, -0.1) is 23.2 Å². The normalized spacial score (nSPS) is 14.3. The fourth-order valence-corrected chi connectivity index (χ4v) is 2.83. The second kappa shape index (κ2) is 8.01. The average molecular weight is 303 g/mol. The van der Waals surface area contributed by atoms with Gasteiger partial charge in [-0.2, -0.15) is 0 Å². The molecule has 0 bridgehead atoms. The number of hydrogen-bond acceptors (Lipinski definition) is 1. The Morgan fingerprint density at radius 3 is 2.26 bits per heavy atom. The standard InChI is InChI=1S/C16H24Cl2O/c1-13-12-14(6-7-15(13)19)16(2,9-5-11-18)8-3-4-10-17/h6-7,12,19H,3-5,8-11H2,1-2H3. The SMILES string of the molecule is Cc1cc(C(C)(CCCCl)CCCCCl)ccc1O. The first-order valence-electron chi connectivity index (χ1n) is 6.95. The smallest absolute Gasteiger partial charge is 0.118 e. The van der Waals surface area contributed by atoms with Crippen molar-refractivity contribution in [3.63, 3.8) is 0 Å². The molecular weight excluding hydrogens is 279 g/mol. The highest BCUT2D eigenvalue weighted by Crippen LogP contribution is 2.36. The minimum Gasteiger partial charge on any atom is -0.508 e. The molecule has 0 aromatic heterocycles. The number of unbranched alkanes of at least 4 members (excludes halogenated alkanes) is 1. The van der Waals surface area contributed by atoms with Crippen molar-refractivity contribution >= 4 is 23.2 Å². The van der Waals surface area contributed by atoms with Crippen LogP contribution in [-0.4, -0.2) is 16.9 Å². The molecule has 0 saturated carbocycles. The summed E-state index contributed by atoms with van der Waals surface area (Å²) in [6.45, 7) is 4.24. The van der Waals surface area contributed by atoms with Crippen molar-refractivity contribution in [2.24, 2.45) is 0 Å². The number of alkyl halides is 2. The van der Waals surface area contributed by atoms with E-state index in [9.17, 15) is 5.11 Å². The molecule has 1 nitrogen and oxygen atoms in total. The van der Waals surface area contributed by atoms with Crippen molar-refractivity contribution in [2.45, 2.75) is 51.4 Å². The summed E-state index contributed by atoms with van der Waals surface area (Å²) in [6.07, 6.45) is 5.37. The lowest BCUT2D eigenvalue weighted by molar-refractivity contribution is 0.383. The lowest BCUT2D eigenvalue weighted by Crippen LogP contribution is -2.22. The van der Waals surface area contributed by atoms with E-state index in [0.717, 1.165) is 43.5 Å². The van der Waals surface area contributed by atoms with Gasteiger partial charge >= 0.3 is 0 Å². The maximum Gasteiger partial charge on any atom is 0.118 e. The summed E-state index contributed by atoms with van der Waals surface area (Å²) in [7, 11) is 0. The fraction of sp³-hybridized carbons (Fsp3) is 0.625. The molecular formula is C16H24Cl2O. The Labute approximate surface area is 126 Å². The molecule has 0 radical (unpaired) electrons. The monoisotopic (exact) mass is 302 g/mol. The molecule has 0 aliphatic carbocycles. The molecule has 1 N–H and O–H groups in total. The Bertz CT molecular complexity index is 392. The third-order valence-corrected chi connectivity index (χ3v) is 4.40. The van der Waals surface area contributed by atoms with Gasteiger partial charge in [0.2, 0.25) is 0 Å². The molecule has 0 fully saturated rings. The summed E-state index contributed by atoms with van der Waals surface area (Å²) < 4.78 is 0. The first-order valence-corrected chi connectivity index (χ1v) is 8.02. The molecule has 1 aromatic rings. The van der Waals surface area contributed by atoms with Crippen LogP contribution in [-0.2, 0) is 5.41 Å². The first-order chi connectivity index (χ1) is 9.03. The van der Waals surface area contributed by atoms with Gasteiger partial charge in [0, 0.05) is 11.8 Å². The quantitative estimate of drug-likeness (QED) is 0.504. The first kappa shape index (κ1) is 16.7. The third kappa shape index (κ3) is 4.89. The molecule has 3 heteroatoms. The van der Waals surface area contributed by atoms with Gasteiger partial charge in [-0.1, -0.05) is 25.5 Å². The van der Waals surface area contributed by atoms with Crippen molar-refractivity contribution in [3.8, 4) is 5.75 Å². The maximum absolute atomic E-state index is 9.66. The Hall–Kier alpha value is -0.400. The molecule has 1 unspecified atom stereocenters. The lowest BCUT2D eigenvalue weighted by Gasteiger charge is -2.31. The van der Waals surface area contributed by atoms with Gasteiger partial charge in [0.25, 0.3) is 0 Å². The van der Waals surface area contributed by atoms with Crippen LogP contribution in [0.25, 0.3) is 0 Å². The zero-order valence-corrected chi connectivity index (χ0v) is 13.4. The number of phenols is 1. The molecule has 0 amide bonds. The van der Waals surface area contributed by atoms with Crippen molar-refractivity contribution in [2.75, 3.05) is 11.8 Å². The number of aromatic hydroxyl groups is 1. The number of aryl methyl sites for hydroxylation is 1. The minimum absolute atomic E-state index is 0.124. The van der Waals surface area contributed by atoms with Crippen molar-refractivity contribution in [1.29, 1.82) is 0 Å². The molecule has 0 spiro atoms. The Kier molecular flexibility index (Phi) is 7.02. The zero-order valence-electron chi connectivity index (χ0n) is 11.9. The highest BCUT2D eigenvalue weighted by Gasteiger charge is 2.26. The Morgan fingerprint density at radius 2 is 1.68 bits per heavy atom. The molecule has 1 atom stereocenters. The molecule has 1 aromatic carbocycles.